The summed E-state index contributed by atoms with van der Waals surface area (Å²) in [7, 11) is 0. The van der Waals surface area contributed by atoms with E-state index in [2.05, 4.69) is 15.1 Å². The Balaban J connectivity index is 1.11. The van der Waals surface area contributed by atoms with Crippen molar-refractivity contribution >= 4 is 17.7 Å². The minimum atomic E-state index is 0.146. The third-order valence-electron chi connectivity index (χ3n) is 8.78. The van der Waals surface area contributed by atoms with Gasteiger partial charge in [0.25, 0.3) is 5.22 Å². The summed E-state index contributed by atoms with van der Waals surface area (Å²) in [5.74, 6) is 4.91. The van der Waals surface area contributed by atoms with Crippen molar-refractivity contribution in [1.29, 1.82) is 0 Å². The molecule has 6 fully saturated rings. The van der Waals surface area contributed by atoms with E-state index < -0.39 is 0 Å². The second-order valence-corrected chi connectivity index (χ2v) is 11.6. The number of hydrogen-bond donors (Lipinski definition) is 0. The minimum Gasteiger partial charge on any atom is -0.415 e. The summed E-state index contributed by atoms with van der Waals surface area (Å²) < 4.78 is 6.18. The first-order chi connectivity index (χ1) is 14.2. The van der Waals surface area contributed by atoms with Gasteiger partial charge in [-0.25, -0.2) is 0 Å². The molecule has 1 saturated heterocycles. The molecule has 1 aromatic rings. The second kappa shape index (κ2) is 7.28. The van der Waals surface area contributed by atoms with Gasteiger partial charge in [-0.1, -0.05) is 24.6 Å². The lowest BCUT2D eigenvalue weighted by Crippen LogP contribution is -2.50. The fourth-order valence-electron chi connectivity index (χ4n) is 8.00. The molecule has 0 spiro atoms. The molecular formula is C23H33N3O2S. The summed E-state index contributed by atoms with van der Waals surface area (Å²) in [6, 6.07) is 0.482. The molecule has 5 nitrogen and oxygen atoms in total. The Labute approximate surface area is 177 Å². The van der Waals surface area contributed by atoms with Crippen molar-refractivity contribution in [2.24, 2.45) is 23.7 Å². The maximum absolute atomic E-state index is 13.0. The molecule has 158 valence electrons. The highest BCUT2D eigenvalue weighted by Crippen LogP contribution is 2.60. The lowest BCUT2D eigenvalue weighted by Gasteiger charge is -2.55. The first kappa shape index (κ1) is 18.7. The van der Waals surface area contributed by atoms with Crippen LogP contribution in [0, 0.1) is 23.7 Å². The van der Waals surface area contributed by atoms with Crippen molar-refractivity contribution in [2.45, 2.75) is 93.7 Å². The third-order valence-corrected chi connectivity index (χ3v) is 9.58. The molecular weight excluding hydrogens is 382 g/mol. The number of carbonyl (C=O) groups is 1. The van der Waals surface area contributed by atoms with E-state index in [9.17, 15) is 4.79 Å². The number of fused-ring (bicyclic) bond motifs is 1. The molecule has 0 aromatic carbocycles. The average Bonchev–Trinajstić information content (AvgIpc) is 3.21. The van der Waals surface area contributed by atoms with Gasteiger partial charge in [-0.15, -0.1) is 10.2 Å². The van der Waals surface area contributed by atoms with Crippen LogP contribution < -0.4 is 0 Å². The Bertz CT molecular complexity index is 741. The highest BCUT2D eigenvalue weighted by atomic mass is 32.2. The van der Waals surface area contributed by atoms with Crippen LogP contribution in [0.5, 0.6) is 0 Å². The number of nitrogens with zero attached hydrogens (tertiary/aromatic N) is 3. The predicted octanol–water partition coefficient (Wildman–Crippen LogP) is 4.81. The van der Waals surface area contributed by atoms with E-state index in [0.29, 0.717) is 17.0 Å². The van der Waals surface area contributed by atoms with E-state index in [1.807, 2.05) is 0 Å². The van der Waals surface area contributed by atoms with Gasteiger partial charge < -0.3 is 9.32 Å². The van der Waals surface area contributed by atoms with Crippen LogP contribution in [0.1, 0.15) is 82.9 Å². The summed E-state index contributed by atoms with van der Waals surface area (Å²) in [4.78, 5) is 15.1. The molecule has 2 heterocycles. The van der Waals surface area contributed by atoms with Crippen molar-refractivity contribution < 1.29 is 9.21 Å². The molecule has 0 unspecified atom stereocenters. The number of hydrogen-bond acceptors (Lipinski definition) is 5. The fraction of sp³-hybridized carbons (Fsp3) is 0.870. The molecule has 6 heteroatoms. The number of amides is 1. The van der Waals surface area contributed by atoms with E-state index in [1.165, 1.54) is 82.4 Å². The molecule has 0 radical (unpaired) electrons. The zero-order chi connectivity index (χ0) is 19.4. The molecule has 6 aliphatic rings. The normalized spacial score (nSPS) is 40.8. The molecule has 29 heavy (non-hydrogen) atoms. The van der Waals surface area contributed by atoms with E-state index in [4.69, 9.17) is 4.42 Å². The van der Waals surface area contributed by atoms with E-state index >= 15 is 0 Å². The van der Waals surface area contributed by atoms with Gasteiger partial charge in [0.15, 0.2) is 0 Å². The monoisotopic (exact) mass is 415 g/mol. The Hall–Kier alpha value is -1.04. The highest BCUT2D eigenvalue weighted by Gasteiger charge is 2.54. The van der Waals surface area contributed by atoms with Crippen molar-refractivity contribution in [1.82, 2.24) is 15.1 Å². The van der Waals surface area contributed by atoms with Gasteiger partial charge in [0.1, 0.15) is 0 Å². The van der Waals surface area contributed by atoms with Gasteiger partial charge in [0.2, 0.25) is 11.8 Å². The fourth-order valence-corrected chi connectivity index (χ4v) is 8.64. The number of rotatable bonds is 4. The maximum atomic E-state index is 13.0. The quantitative estimate of drug-likeness (QED) is 0.661. The molecule has 1 amide bonds. The van der Waals surface area contributed by atoms with Crippen LogP contribution in [0.4, 0.5) is 0 Å². The predicted molar refractivity (Wildman–Crippen MR) is 112 cm³/mol. The zero-order valence-electron chi connectivity index (χ0n) is 17.4. The zero-order valence-corrected chi connectivity index (χ0v) is 18.2. The van der Waals surface area contributed by atoms with Gasteiger partial charge in [0, 0.05) is 18.0 Å². The Morgan fingerprint density at radius 3 is 2.45 bits per heavy atom. The van der Waals surface area contributed by atoms with Gasteiger partial charge in [-0.3, -0.25) is 4.79 Å². The van der Waals surface area contributed by atoms with Crippen molar-refractivity contribution in [3.63, 3.8) is 0 Å². The van der Waals surface area contributed by atoms with Gasteiger partial charge in [-0.05, 0) is 87.9 Å². The van der Waals surface area contributed by atoms with E-state index in [0.717, 1.165) is 42.5 Å². The van der Waals surface area contributed by atoms with Gasteiger partial charge in [-0.2, -0.15) is 0 Å². The maximum Gasteiger partial charge on any atom is 0.277 e. The molecule has 0 N–H and O–H groups in total. The molecule has 1 aliphatic heterocycles. The van der Waals surface area contributed by atoms with Gasteiger partial charge in [0.05, 0.1) is 5.75 Å². The second-order valence-electron chi connectivity index (χ2n) is 10.7. The Morgan fingerprint density at radius 2 is 1.69 bits per heavy atom. The number of carbonyl (C=O) groups excluding carboxylic acids is 1. The van der Waals surface area contributed by atoms with Crippen LogP contribution in [0.2, 0.25) is 0 Å². The Kier molecular flexibility index (Phi) is 4.70. The van der Waals surface area contributed by atoms with Crippen LogP contribution in [0.3, 0.4) is 0 Å². The van der Waals surface area contributed by atoms with Crippen molar-refractivity contribution in [2.75, 3.05) is 12.3 Å². The van der Waals surface area contributed by atoms with Crippen LogP contribution in [-0.2, 0) is 10.2 Å². The van der Waals surface area contributed by atoms with Crippen LogP contribution in [0.25, 0.3) is 0 Å². The number of thioether (sulfide) groups is 1. The molecule has 2 atom stereocenters. The summed E-state index contributed by atoms with van der Waals surface area (Å²) in [5, 5.41) is 9.45. The first-order valence-electron chi connectivity index (χ1n) is 11.9. The molecule has 1 aromatic heterocycles. The largest absolute Gasteiger partial charge is 0.415 e. The Morgan fingerprint density at radius 1 is 1.00 bits per heavy atom. The third kappa shape index (κ3) is 3.34. The molecule has 5 saturated carbocycles. The number of aromatic nitrogens is 2. The molecule has 7 rings (SSSR count). The van der Waals surface area contributed by atoms with Crippen LogP contribution >= 0.6 is 11.8 Å². The average molecular weight is 416 g/mol. The molecule has 5 aliphatic carbocycles. The summed E-state index contributed by atoms with van der Waals surface area (Å²) >= 11 is 1.45. The van der Waals surface area contributed by atoms with E-state index in [1.54, 1.807) is 0 Å². The summed E-state index contributed by atoms with van der Waals surface area (Å²) in [6.07, 6.45) is 15.5. The van der Waals surface area contributed by atoms with Crippen molar-refractivity contribution in [3.05, 3.63) is 5.89 Å². The topological polar surface area (TPSA) is 59.2 Å². The summed E-state index contributed by atoms with van der Waals surface area (Å²) in [5.41, 5.74) is 0.146. The van der Waals surface area contributed by atoms with E-state index in [-0.39, 0.29) is 11.3 Å². The van der Waals surface area contributed by atoms with Crippen molar-refractivity contribution in [3.8, 4) is 0 Å². The summed E-state index contributed by atoms with van der Waals surface area (Å²) in [6.45, 7) is 0.933. The highest BCUT2D eigenvalue weighted by molar-refractivity contribution is 7.99. The first-order valence-corrected chi connectivity index (χ1v) is 12.9. The minimum absolute atomic E-state index is 0.146. The lowest BCUT2D eigenvalue weighted by molar-refractivity contribution is -0.134. The number of piperidine rings is 1. The lowest BCUT2D eigenvalue weighted by atomic mass is 9.49. The standard InChI is InChI=1S/C23H33N3O2S/c27-20(26-7-3-5-18-4-1-2-6-19(18)26)14-29-22-25-24-21(28-22)23-11-15-8-16(12-23)10-17(9-15)13-23/h15-19H,1-14H2/t15?,16?,17?,18-,19-,23?/m1/s1. The SMILES string of the molecule is O=C(CSc1nnc(C23CC4CC(CC(C4)C2)C3)o1)N1CCC[C@H]2CCCC[C@H]21. The smallest absolute Gasteiger partial charge is 0.277 e. The molecule has 4 bridgehead atoms. The van der Waals surface area contributed by atoms with Crippen LogP contribution in [-0.4, -0.2) is 39.3 Å². The van der Waals surface area contributed by atoms with Crippen LogP contribution in [0.15, 0.2) is 9.64 Å². The van der Waals surface area contributed by atoms with Gasteiger partial charge >= 0.3 is 0 Å². The number of likely N-dealkylation sites (tertiary alicyclic amines) is 1.